The Balaban J connectivity index is 1.23. The fourth-order valence-electron chi connectivity index (χ4n) is 5.56. The van der Waals surface area contributed by atoms with Gasteiger partial charge >= 0.3 is 0 Å². The lowest BCUT2D eigenvalue weighted by molar-refractivity contribution is 0.0349. The second kappa shape index (κ2) is 8.86. The Kier molecular flexibility index (Phi) is 5.93. The van der Waals surface area contributed by atoms with Crippen LogP contribution in [0.5, 0.6) is 5.75 Å². The van der Waals surface area contributed by atoms with E-state index in [4.69, 9.17) is 4.74 Å². The predicted octanol–water partition coefficient (Wildman–Crippen LogP) is 4.76. The smallest absolute Gasteiger partial charge is 0.225 e. The molecule has 1 saturated heterocycles. The Hall–Kier alpha value is -2.40. The van der Waals surface area contributed by atoms with Crippen molar-refractivity contribution in [3.05, 3.63) is 53.4 Å². The highest BCUT2D eigenvalue weighted by molar-refractivity contribution is 5.68. The summed E-state index contributed by atoms with van der Waals surface area (Å²) in [4.78, 5) is 14.0. The van der Waals surface area contributed by atoms with Crippen LogP contribution in [0.1, 0.15) is 56.2 Å². The minimum absolute atomic E-state index is 0.111. The fraction of sp³-hybridized carbons (Fsp3) is 0.556. The van der Waals surface area contributed by atoms with Crippen molar-refractivity contribution in [3.8, 4) is 5.75 Å². The zero-order valence-corrected chi connectivity index (χ0v) is 19.8. The summed E-state index contributed by atoms with van der Waals surface area (Å²) in [6.45, 7) is 8.69. The first kappa shape index (κ1) is 21.4. The van der Waals surface area contributed by atoms with Crippen molar-refractivity contribution >= 4 is 11.5 Å². The largest absolute Gasteiger partial charge is 0.487 e. The molecule has 1 aromatic carbocycles. The lowest BCUT2D eigenvalue weighted by Gasteiger charge is -2.40. The molecule has 0 saturated carbocycles. The molecule has 1 aromatic heterocycles. The maximum atomic E-state index is 6.60. The van der Waals surface area contributed by atoms with E-state index >= 15 is 0 Å². The lowest BCUT2D eigenvalue weighted by atomic mass is 9.79. The van der Waals surface area contributed by atoms with E-state index in [1.807, 2.05) is 12.4 Å². The van der Waals surface area contributed by atoms with Gasteiger partial charge in [0, 0.05) is 50.9 Å². The molecule has 0 spiro atoms. The monoisotopic (exact) mass is 432 g/mol. The normalized spacial score (nSPS) is 24.2. The molecule has 32 heavy (non-hydrogen) atoms. The summed E-state index contributed by atoms with van der Waals surface area (Å²) in [6, 6.07) is 6.85. The Labute approximate surface area is 192 Å². The fourth-order valence-corrected chi connectivity index (χ4v) is 5.56. The summed E-state index contributed by atoms with van der Waals surface area (Å²) in [6.07, 6.45) is 12.9. The SMILES string of the molecule is CCCc1cnc(N2CCC(C3(C)Cc4cc(C5=CCN(C)CC5)ccc4O3)CC2)nc1. The molecule has 0 aliphatic carbocycles. The Morgan fingerprint density at radius 3 is 2.59 bits per heavy atom. The van der Waals surface area contributed by atoms with E-state index in [1.165, 1.54) is 22.3 Å². The van der Waals surface area contributed by atoms with Gasteiger partial charge < -0.3 is 14.5 Å². The molecular weight excluding hydrogens is 396 g/mol. The molecule has 0 bridgehead atoms. The Morgan fingerprint density at radius 1 is 1.12 bits per heavy atom. The van der Waals surface area contributed by atoms with Crippen LogP contribution in [0.15, 0.2) is 36.7 Å². The summed E-state index contributed by atoms with van der Waals surface area (Å²) in [5.74, 6) is 2.51. The average Bonchev–Trinajstić information content (AvgIpc) is 3.17. The first-order valence-corrected chi connectivity index (χ1v) is 12.3. The van der Waals surface area contributed by atoms with E-state index in [9.17, 15) is 0 Å². The van der Waals surface area contributed by atoms with Crippen molar-refractivity contribution in [3.63, 3.8) is 0 Å². The number of rotatable bonds is 5. The summed E-state index contributed by atoms with van der Waals surface area (Å²) in [7, 11) is 2.19. The third kappa shape index (κ3) is 4.27. The van der Waals surface area contributed by atoms with Crippen molar-refractivity contribution in [2.45, 2.75) is 58.0 Å². The quantitative estimate of drug-likeness (QED) is 0.681. The molecule has 4 heterocycles. The Bertz CT molecular complexity index is 978. The molecule has 0 radical (unpaired) electrons. The van der Waals surface area contributed by atoms with Crippen molar-refractivity contribution in [2.75, 3.05) is 38.1 Å². The van der Waals surface area contributed by atoms with Gasteiger partial charge in [-0.3, -0.25) is 0 Å². The summed E-state index contributed by atoms with van der Waals surface area (Å²) in [5, 5.41) is 0. The highest BCUT2D eigenvalue weighted by Crippen LogP contribution is 2.44. The molecular formula is C27H36N4O. The molecule has 3 aliphatic heterocycles. The van der Waals surface area contributed by atoms with Gasteiger partial charge in [0.25, 0.3) is 0 Å². The van der Waals surface area contributed by atoms with Crippen molar-refractivity contribution < 1.29 is 4.74 Å². The molecule has 0 amide bonds. The minimum Gasteiger partial charge on any atom is -0.487 e. The summed E-state index contributed by atoms with van der Waals surface area (Å²) < 4.78 is 6.60. The highest BCUT2D eigenvalue weighted by atomic mass is 16.5. The highest BCUT2D eigenvalue weighted by Gasteiger charge is 2.43. The number of aryl methyl sites for hydroxylation is 1. The number of fused-ring (bicyclic) bond motifs is 1. The average molecular weight is 433 g/mol. The van der Waals surface area contributed by atoms with Crippen LogP contribution < -0.4 is 9.64 Å². The van der Waals surface area contributed by atoms with E-state index in [0.29, 0.717) is 5.92 Å². The predicted molar refractivity (Wildman–Crippen MR) is 130 cm³/mol. The topological polar surface area (TPSA) is 41.5 Å². The lowest BCUT2D eigenvalue weighted by Crippen LogP contribution is -2.46. The van der Waals surface area contributed by atoms with Crippen LogP contribution in [-0.2, 0) is 12.8 Å². The van der Waals surface area contributed by atoms with E-state index in [1.54, 1.807) is 0 Å². The molecule has 5 rings (SSSR count). The second-order valence-electron chi connectivity index (χ2n) is 10.1. The molecule has 170 valence electrons. The number of anilines is 1. The molecule has 1 unspecified atom stereocenters. The number of benzene rings is 1. The van der Waals surface area contributed by atoms with E-state index in [-0.39, 0.29) is 5.60 Å². The molecule has 5 nitrogen and oxygen atoms in total. The second-order valence-corrected chi connectivity index (χ2v) is 10.1. The van der Waals surface area contributed by atoms with Crippen LogP contribution in [0, 0.1) is 5.92 Å². The van der Waals surface area contributed by atoms with Crippen LogP contribution in [0.2, 0.25) is 0 Å². The van der Waals surface area contributed by atoms with E-state index in [0.717, 1.165) is 76.4 Å². The van der Waals surface area contributed by atoms with Gasteiger partial charge in [0.05, 0.1) is 0 Å². The minimum atomic E-state index is -0.111. The number of hydrogen-bond acceptors (Lipinski definition) is 5. The number of nitrogens with zero attached hydrogens (tertiary/aromatic N) is 4. The van der Waals surface area contributed by atoms with Gasteiger partial charge in [-0.1, -0.05) is 25.5 Å². The first-order valence-electron chi connectivity index (χ1n) is 12.3. The van der Waals surface area contributed by atoms with Gasteiger partial charge in [-0.25, -0.2) is 9.97 Å². The summed E-state index contributed by atoms with van der Waals surface area (Å²) in [5.41, 5.74) is 5.36. The van der Waals surface area contributed by atoms with Gasteiger partial charge in [-0.05, 0) is 74.1 Å². The van der Waals surface area contributed by atoms with Crippen molar-refractivity contribution in [1.82, 2.24) is 14.9 Å². The standard InChI is InChI=1S/C27H36N4O/c1-4-5-20-18-28-26(29-19-20)31-14-10-24(11-15-31)27(2)17-23-16-22(6-7-25(23)32-27)21-8-12-30(3)13-9-21/h6-8,16,18-19,24H,4-5,9-15,17H2,1-3H3. The molecule has 3 aliphatic rings. The first-order chi connectivity index (χ1) is 15.5. The maximum absolute atomic E-state index is 6.60. The molecule has 1 fully saturated rings. The van der Waals surface area contributed by atoms with Crippen molar-refractivity contribution in [2.24, 2.45) is 5.92 Å². The molecule has 1 atom stereocenters. The zero-order chi connectivity index (χ0) is 22.1. The van der Waals surface area contributed by atoms with Gasteiger partial charge in [0.2, 0.25) is 5.95 Å². The zero-order valence-electron chi connectivity index (χ0n) is 19.8. The van der Waals surface area contributed by atoms with Crippen molar-refractivity contribution in [1.29, 1.82) is 0 Å². The van der Waals surface area contributed by atoms with Crippen LogP contribution >= 0.6 is 0 Å². The number of likely N-dealkylation sites (N-methyl/N-ethyl adjacent to an activating group) is 1. The summed E-state index contributed by atoms with van der Waals surface area (Å²) >= 11 is 0. The van der Waals surface area contributed by atoms with Crippen LogP contribution in [-0.4, -0.2) is 53.7 Å². The van der Waals surface area contributed by atoms with Crippen LogP contribution in [0.3, 0.4) is 0 Å². The molecule has 5 heteroatoms. The maximum Gasteiger partial charge on any atom is 0.225 e. The van der Waals surface area contributed by atoms with Gasteiger partial charge in [-0.15, -0.1) is 0 Å². The van der Waals surface area contributed by atoms with E-state index in [2.05, 4.69) is 64.9 Å². The third-order valence-corrected chi connectivity index (χ3v) is 7.60. The van der Waals surface area contributed by atoms with Crippen LogP contribution in [0.25, 0.3) is 5.57 Å². The number of hydrogen-bond donors (Lipinski definition) is 0. The number of piperidine rings is 1. The molecule has 2 aromatic rings. The van der Waals surface area contributed by atoms with Gasteiger partial charge in [0.1, 0.15) is 11.4 Å². The Morgan fingerprint density at radius 2 is 1.91 bits per heavy atom. The third-order valence-electron chi connectivity index (χ3n) is 7.60. The van der Waals surface area contributed by atoms with Gasteiger partial charge in [-0.2, -0.15) is 0 Å². The van der Waals surface area contributed by atoms with Gasteiger partial charge in [0.15, 0.2) is 0 Å². The number of ether oxygens (including phenoxy) is 1. The van der Waals surface area contributed by atoms with Crippen LogP contribution in [0.4, 0.5) is 5.95 Å². The number of aromatic nitrogens is 2. The molecule has 0 N–H and O–H groups in total. The van der Waals surface area contributed by atoms with E-state index < -0.39 is 0 Å².